The van der Waals surface area contributed by atoms with Gasteiger partial charge in [-0.2, -0.15) is 0 Å². The first-order valence-corrected chi connectivity index (χ1v) is 7.04. The van der Waals surface area contributed by atoms with Gasteiger partial charge >= 0.3 is 12.0 Å². The molecule has 0 bridgehead atoms. The average Bonchev–Trinajstić information content (AvgIpc) is 3.11. The van der Waals surface area contributed by atoms with E-state index in [9.17, 15) is 14.7 Å². The minimum Gasteiger partial charge on any atom is -0.481 e. The van der Waals surface area contributed by atoms with Crippen molar-refractivity contribution in [1.82, 2.24) is 10.6 Å². The molecule has 0 aromatic rings. The summed E-state index contributed by atoms with van der Waals surface area (Å²) in [6.07, 6.45) is 2.48. The van der Waals surface area contributed by atoms with E-state index in [1.165, 1.54) is 12.8 Å². The Bertz CT molecular complexity index is 362. The van der Waals surface area contributed by atoms with Crippen LogP contribution in [-0.2, 0) is 9.53 Å². The summed E-state index contributed by atoms with van der Waals surface area (Å²) in [5, 5.41) is 14.6. The standard InChI is InChI=1S/C14H26N2O4/c1-13(2,11(17)18)14(3,4)16-12(19)15-7-8-20-9-10-5-6-10/h10H,5-9H2,1-4H3,(H,17,18)(H2,15,16,19). The molecule has 2 amide bonds. The second kappa shape index (κ2) is 6.43. The van der Waals surface area contributed by atoms with Crippen LogP contribution in [0.1, 0.15) is 40.5 Å². The van der Waals surface area contributed by atoms with Crippen LogP contribution in [0, 0.1) is 11.3 Å². The smallest absolute Gasteiger partial charge is 0.315 e. The van der Waals surface area contributed by atoms with Gasteiger partial charge in [0.15, 0.2) is 0 Å². The summed E-state index contributed by atoms with van der Waals surface area (Å²) in [5.41, 5.74) is -1.93. The molecule has 1 rings (SSSR count). The Balaban J connectivity index is 2.26. The van der Waals surface area contributed by atoms with E-state index in [2.05, 4.69) is 10.6 Å². The van der Waals surface area contributed by atoms with Crippen LogP contribution in [-0.4, -0.2) is 42.4 Å². The lowest BCUT2D eigenvalue weighted by atomic mass is 9.74. The van der Waals surface area contributed by atoms with Crippen molar-refractivity contribution in [3.63, 3.8) is 0 Å². The maximum atomic E-state index is 11.8. The van der Waals surface area contributed by atoms with Crippen molar-refractivity contribution in [2.45, 2.75) is 46.1 Å². The monoisotopic (exact) mass is 286 g/mol. The molecular weight excluding hydrogens is 260 g/mol. The molecule has 0 aliphatic heterocycles. The summed E-state index contributed by atoms with van der Waals surface area (Å²) < 4.78 is 5.41. The van der Waals surface area contributed by atoms with Crippen LogP contribution in [0.3, 0.4) is 0 Å². The van der Waals surface area contributed by atoms with Gasteiger partial charge in [-0.3, -0.25) is 4.79 Å². The lowest BCUT2D eigenvalue weighted by Gasteiger charge is -2.38. The molecule has 0 unspecified atom stereocenters. The van der Waals surface area contributed by atoms with Crippen LogP contribution in [0.15, 0.2) is 0 Å². The summed E-state index contributed by atoms with van der Waals surface area (Å²) in [5.74, 6) is -0.241. The Hall–Kier alpha value is -1.30. The lowest BCUT2D eigenvalue weighted by molar-refractivity contribution is -0.150. The highest BCUT2D eigenvalue weighted by Gasteiger charge is 2.44. The predicted octanol–water partition coefficient (Wildman–Crippen LogP) is 1.60. The summed E-state index contributed by atoms with van der Waals surface area (Å²) in [6.45, 7) is 8.24. The zero-order valence-electron chi connectivity index (χ0n) is 12.8. The number of amides is 2. The molecule has 0 radical (unpaired) electrons. The van der Waals surface area contributed by atoms with Gasteiger partial charge in [0.1, 0.15) is 0 Å². The van der Waals surface area contributed by atoms with Crippen molar-refractivity contribution >= 4 is 12.0 Å². The molecule has 1 fully saturated rings. The number of rotatable bonds is 8. The van der Waals surface area contributed by atoms with Crippen molar-refractivity contribution in [3.05, 3.63) is 0 Å². The molecule has 1 aliphatic rings. The predicted molar refractivity (Wildman–Crippen MR) is 75.6 cm³/mol. The number of aliphatic carboxylic acids is 1. The van der Waals surface area contributed by atoms with Gasteiger partial charge in [0, 0.05) is 13.2 Å². The molecule has 3 N–H and O–H groups in total. The van der Waals surface area contributed by atoms with Gasteiger partial charge in [-0.15, -0.1) is 0 Å². The number of hydrogen-bond acceptors (Lipinski definition) is 3. The highest BCUT2D eigenvalue weighted by atomic mass is 16.5. The second-order valence-electron chi connectivity index (χ2n) is 6.45. The van der Waals surface area contributed by atoms with Gasteiger partial charge in [0.25, 0.3) is 0 Å². The van der Waals surface area contributed by atoms with Crippen molar-refractivity contribution in [2.75, 3.05) is 19.8 Å². The fraction of sp³-hybridized carbons (Fsp3) is 0.857. The summed E-state index contributed by atoms with van der Waals surface area (Å²) in [7, 11) is 0. The van der Waals surface area contributed by atoms with Gasteiger partial charge in [-0.25, -0.2) is 4.79 Å². The highest BCUT2D eigenvalue weighted by molar-refractivity contribution is 5.79. The molecule has 6 heteroatoms. The lowest BCUT2D eigenvalue weighted by Crippen LogP contribution is -2.59. The number of carbonyl (C=O) groups is 2. The Morgan fingerprint density at radius 2 is 1.85 bits per heavy atom. The summed E-state index contributed by atoms with van der Waals surface area (Å²) in [6, 6.07) is -0.376. The van der Waals surface area contributed by atoms with Crippen molar-refractivity contribution in [3.8, 4) is 0 Å². The SMILES string of the molecule is CC(C)(NC(=O)NCCOCC1CC1)C(C)(C)C(=O)O. The molecule has 0 spiro atoms. The molecular formula is C14H26N2O4. The second-order valence-corrected chi connectivity index (χ2v) is 6.45. The number of urea groups is 1. The quantitative estimate of drug-likeness (QED) is 0.591. The molecule has 0 atom stereocenters. The first-order chi connectivity index (χ1) is 9.17. The van der Waals surface area contributed by atoms with E-state index in [0.29, 0.717) is 19.1 Å². The van der Waals surface area contributed by atoms with Crippen LogP contribution in [0.2, 0.25) is 0 Å². The molecule has 1 aliphatic carbocycles. The number of carbonyl (C=O) groups excluding carboxylic acids is 1. The average molecular weight is 286 g/mol. The molecule has 0 aromatic carbocycles. The minimum atomic E-state index is -1.06. The molecule has 0 saturated heterocycles. The fourth-order valence-corrected chi connectivity index (χ4v) is 1.52. The Morgan fingerprint density at radius 3 is 2.35 bits per heavy atom. The number of hydrogen-bond donors (Lipinski definition) is 3. The van der Waals surface area contributed by atoms with Gasteiger partial charge in [-0.05, 0) is 46.5 Å². The molecule has 116 valence electrons. The Labute approximate surface area is 120 Å². The third kappa shape index (κ3) is 4.67. The number of ether oxygens (including phenoxy) is 1. The first kappa shape index (κ1) is 16.8. The van der Waals surface area contributed by atoms with Gasteiger partial charge in [-0.1, -0.05) is 0 Å². The Kier molecular flexibility index (Phi) is 5.39. The molecule has 20 heavy (non-hydrogen) atoms. The van der Waals surface area contributed by atoms with E-state index in [1.807, 2.05) is 0 Å². The van der Waals surface area contributed by atoms with Crippen molar-refractivity contribution in [1.29, 1.82) is 0 Å². The molecule has 0 heterocycles. The van der Waals surface area contributed by atoms with E-state index >= 15 is 0 Å². The number of nitrogens with one attached hydrogen (secondary N) is 2. The van der Waals surface area contributed by atoms with E-state index in [4.69, 9.17) is 4.74 Å². The van der Waals surface area contributed by atoms with Crippen molar-refractivity contribution in [2.24, 2.45) is 11.3 Å². The topological polar surface area (TPSA) is 87.7 Å². The number of carboxylic acids is 1. The minimum absolute atomic E-state index is 0.376. The molecule has 1 saturated carbocycles. The normalized spacial score (nSPS) is 15.8. The van der Waals surface area contributed by atoms with Crippen LogP contribution < -0.4 is 10.6 Å². The largest absolute Gasteiger partial charge is 0.481 e. The summed E-state index contributed by atoms with van der Waals surface area (Å²) >= 11 is 0. The van der Waals surface area contributed by atoms with E-state index < -0.39 is 16.9 Å². The van der Waals surface area contributed by atoms with E-state index in [-0.39, 0.29) is 6.03 Å². The molecule has 0 aromatic heterocycles. The number of carboxylic acid groups (broad SMARTS) is 1. The van der Waals surface area contributed by atoms with E-state index in [0.717, 1.165) is 6.61 Å². The maximum absolute atomic E-state index is 11.8. The van der Waals surface area contributed by atoms with Crippen LogP contribution in [0.25, 0.3) is 0 Å². The maximum Gasteiger partial charge on any atom is 0.315 e. The fourth-order valence-electron chi connectivity index (χ4n) is 1.52. The zero-order chi connectivity index (χ0) is 15.4. The third-order valence-corrected chi connectivity index (χ3v) is 4.11. The van der Waals surface area contributed by atoms with Gasteiger partial charge in [0.2, 0.25) is 0 Å². The van der Waals surface area contributed by atoms with Crippen LogP contribution >= 0.6 is 0 Å². The highest BCUT2D eigenvalue weighted by Crippen LogP contribution is 2.30. The van der Waals surface area contributed by atoms with E-state index in [1.54, 1.807) is 27.7 Å². The summed E-state index contributed by atoms with van der Waals surface area (Å²) in [4.78, 5) is 23.0. The van der Waals surface area contributed by atoms with Crippen LogP contribution in [0.5, 0.6) is 0 Å². The van der Waals surface area contributed by atoms with Gasteiger partial charge < -0.3 is 20.5 Å². The van der Waals surface area contributed by atoms with Crippen molar-refractivity contribution < 1.29 is 19.4 Å². The first-order valence-electron chi connectivity index (χ1n) is 7.04. The Morgan fingerprint density at radius 1 is 1.25 bits per heavy atom. The molecule has 6 nitrogen and oxygen atoms in total. The van der Waals surface area contributed by atoms with Gasteiger partial charge in [0.05, 0.1) is 17.6 Å². The zero-order valence-corrected chi connectivity index (χ0v) is 12.8. The third-order valence-electron chi connectivity index (χ3n) is 4.11. The van der Waals surface area contributed by atoms with Crippen LogP contribution in [0.4, 0.5) is 4.79 Å².